The van der Waals surface area contributed by atoms with Crippen LogP contribution in [-0.2, 0) is 13.0 Å². The minimum atomic E-state index is -0.399. The van der Waals surface area contributed by atoms with E-state index >= 15 is 0 Å². The van der Waals surface area contributed by atoms with Crippen LogP contribution in [0.25, 0.3) is 0 Å². The van der Waals surface area contributed by atoms with Crippen molar-refractivity contribution >= 4 is 11.4 Å². The van der Waals surface area contributed by atoms with Crippen LogP contribution in [0.15, 0.2) is 36.4 Å². The number of halogens is 2. The molecule has 1 aliphatic rings. The second-order valence-electron chi connectivity index (χ2n) is 4.62. The molecule has 0 saturated carbocycles. The Morgan fingerprint density at radius 3 is 2.63 bits per heavy atom. The summed E-state index contributed by atoms with van der Waals surface area (Å²) in [5.41, 5.74) is 2.68. The second-order valence-corrected chi connectivity index (χ2v) is 4.62. The van der Waals surface area contributed by atoms with E-state index in [1.54, 1.807) is 23.1 Å². The molecule has 2 aromatic rings. The second kappa shape index (κ2) is 4.63. The van der Waals surface area contributed by atoms with Crippen LogP contribution in [0.1, 0.15) is 11.1 Å². The summed E-state index contributed by atoms with van der Waals surface area (Å²) in [5.74, 6) is -0.721. The molecule has 19 heavy (non-hydrogen) atoms. The molecule has 1 aliphatic heterocycles. The highest BCUT2D eigenvalue weighted by Crippen LogP contribution is 2.36. The largest absolute Gasteiger partial charge is 0.392 e. The molecule has 1 N–H and O–H groups in total. The molecule has 0 saturated heterocycles. The van der Waals surface area contributed by atoms with Gasteiger partial charge in [-0.1, -0.05) is 12.1 Å². The zero-order chi connectivity index (χ0) is 13.4. The van der Waals surface area contributed by atoms with Gasteiger partial charge in [0.05, 0.1) is 12.3 Å². The van der Waals surface area contributed by atoms with Gasteiger partial charge in [0.15, 0.2) is 0 Å². The highest BCUT2D eigenvalue weighted by Gasteiger charge is 2.23. The first-order chi connectivity index (χ1) is 9.19. The SMILES string of the molecule is OCc1ccc(N2CCc3ccc(F)cc32)c(F)c1. The van der Waals surface area contributed by atoms with Gasteiger partial charge in [-0.3, -0.25) is 0 Å². The van der Waals surface area contributed by atoms with Gasteiger partial charge in [0.25, 0.3) is 0 Å². The Balaban J connectivity index is 2.04. The standard InChI is InChI=1S/C15H13F2NO/c16-12-3-2-11-5-6-18(15(11)8-12)14-4-1-10(9-19)7-13(14)17/h1-4,7-8,19H,5-6,9H2. The number of benzene rings is 2. The van der Waals surface area contributed by atoms with Crippen LogP contribution in [0.4, 0.5) is 20.2 Å². The van der Waals surface area contributed by atoms with Gasteiger partial charge in [0.2, 0.25) is 0 Å². The van der Waals surface area contributed by atoms with Crippen LogP contribution < -0.4 is 4.90 Å². The highest BCUT2D eigenvalue weighted by molar-refractivity contribution is 5.70. The zero-order valence-electron chi connectivity index (χ0n) is 10.2. The number of rotatable bonds is 2. The zero-order valence-corrected chi connectivity index (χ0v) is 10.2. The smallest absolute Gasteiger partial charge is 0.147 e. The molecular formula is C15H13F2NO. The van der Waals surface area contributed by atoms with E-state index in [1.807, 2.05) is 0 Å². The molecule has 3 rings (SSSR count). The molecule has 0 radical (unpaired) electrons. The summed E-state index contributed by atoms with van der Waals surface area (Å²) in [7, 11) is 0. The van der Waals surface area contributed by atoms with Crippen molar-refractivity contribution in [2.75, 3.05) is 11.4 Å². The fraction of sp³-hybridized carbons (Fsp3) is 0.200. The van der Waals surface area contributed by atoms with Gasteiger partial charge in [-0.05, 0) is 41.8 Å². The number of hydrogen-bond acceptors (Lipinski definition) is 2. The van der Waals surface area contributed by atoms with Gasteiger partial charge in [0, 0.05) is 12.2 Å². The predicted octanol–water partition coefficient (Wildman–Crippen LogP) is 3.15. The van der Waals surface area contributed by atoms with Crippen molar-refractivity contribution in [2.24, 2.45) is 0 Å². The van der Waals surface area contributed by atoms with Crippen molar-refractivity contribution in [2.45, 2.75) is 13.0 Å². The molecule has 1 heterocycles. The lowest BCUT2D eigenvalue weighted by atomic mass is 10.1. The Kier molecular flexibility index (Phi) is 2.95. The summed E-state index contributed by atoms with van der Waals surface area (Å²) in [6, 6.07) is 9.21. The molecule has 0 atom stereocenters. The van der Waals surface area contributed by atoms with E-state index in [4.69, 9.17) is 5.11 Å². The summed E-state index contributed by atoms with van der Waals surface area (Å²) in [6.07, 6.45) is 0.775. The Morgan fingerprint density at radius 1 is 1.05 bits per heavy atom. The minimum absolute atomic E-state index is 0.192. The topological polar surface area (TPSA) is 23.5 Å². The summed E-state index contributed by atoms with van der Waals surface area (Å²) in [6.45, 7) is 0.441. The van der Waals surface area contributed by atoms with Gasteiger partial charge in [0.1, 0.15) is 11.6 Å². The van der Waals surface area contributed by atoms with E-state index in [0.29, 0.717) is 17.8 Å². The maximum atomic E-state index is 14.0. The average Bonchev–Trinajstić information content (AvgIpc) is 2.81. The Hall–Kier alpha value is -1.94. The number of nitrogens with zero attached hydrogens (tertiary/aromatic N) is 1. The monoisotopic (exact) mass is 261 g/mol. The number of fused-ring (bicyclic) bond motifs is 1. The average molecular weight is 261 g/mol. The molecule has 0 fully saturated rings. The van der Waals surface area contributed by atoms with E-state index in [-0.39, 0.29) is 12.4 Å². The van der Waals surface area contributed by atoms with E-state index in [9.17, 15) is 8.78 Å². The van der Waals surface area contributed by atoms with Gasteiger partial charge >= 0.3 is 0 Å². The van der Waals surface area contributed by atoms with Crippen LogP contribution in [0, 0.1) is 11.6 Å². The van der Waals surface area contributed by atoms with Crippen molar-refractivity contribution in [1.82, 2.24) is 0 Å². The van der Waals surface area contributed by atoms with Gasteiger partial charge < -0.3 is 10.0 Å². The van der Waals surface area contributed by atoms with Crippen LogP contribution in [0.3, 0.4) is 0 Å². The molecule has 0 amide bonds. The molecule has 0 aliphatic carbocycles. The summed E-state index contributed by atoms with van der Waals surface area (Å²) < 4.78 is 27.4. The Bertz CT molecular complexity index is 628. The van der Waals surface area contributed by atoms with Crippen LogP contribution >= 0.6 is 0 Å². The van der Waals surface area contributed by atoms with Crippen LogP contribution in [0.5, 0.6) is 0 Å². The molecule has 0 spiro atoms. The first kappa shape index (κ1) is 12.1. The van der Waals surface area contributed by atoms with Crippen molar-refractivity contribution in [3.8, 4) is 0 Å². The van der Waals surface area contributed by atoms with Crippen molar-refractivity contribution in [3.63, 3.8) is 0 Å². The van der Waals surface area contributed by atoms with Crippen LogP contribution in [-0.4, -0.2) is 11.7 Å². The van der Waals surface area contributed by atoms with Gasteiger partial charge in [-0.25, -0.2) is 8.78 Å². The molecule has 0 aromatic heterocycles. The third-order valence-electron chi connectivity index (χ3n) is 3.43. The Labute approximate surface area is 109 Å². The summed E-state index contributed by atoms with van der Waals surface area (Å²) >= 11 is 0. The van der Waals surface area contributed by atoms with Crippen molar-refractivity contribution < 1.29 is 13.9 Å². The number of hydrogen-bond donors (Lipinski definition) is 1. The van der Waals surface area contributed by atoms with Crippen molar-refractivity contribution in [3.05, 3.63) is 59.2 Å². The normalized spacial score (nSPS) is 13.7. The molecule has 0 unspecified atom stereocenters. The van der Waals surface area contributed by atoms with Gasteiger partial charge in [-0.15, -0.1) is 0 Å². The molecule has 0 bridgehead atoms. The fourth-order valence-corrected chi connectivity index (χ4v) is 2.47. The quantitative estimate of drug-likeness (QED) is 0.897. The third-order valence-corrected chi connectivity index (χ3v) is 3.43. The van der Waals surface area contributed by atoms with E-state index < -0.39 is 5.82 Å². The van der Waals surface area contributed by atoms with E-state index in [1.165, 1.54) is 18.2 Å². The lowest BCUT2D eigenvalue weighted by molar-refractivity contribution is 0.281. The van der Waals surface area contributed by atoms with E-state index in [0.717, 1.165) is 17.7 Å². The minimum Gasteiger partial charge on any atom is -0.392 e. The lowest BCUT2D eigenvalue weighted by Crippen LogP contribution is -2.15. The summed E-state index contributed by atoms with van der Waals surface area (Å²) in [4.78, 5) is 1.77. The summed E-state index contributed by atoms with van der Waals surface area (Å²) in [5, 5.41) is 8.98. The molecular weight excluding hydrogens is 248 g/mol. The first-order valence-electron chi connectivity index (χ1n) is 6.14. The Morgan fingerprint density at radius 2 is 1.89 bits per heavy atom. The maximum Gasteiger partial charge on any atom is 0.147 e. The first-order valence-corrected chi connectivity index (χ1v) is 6.14. The van der Waals surface area contributed by atoms with E-state index in [2.05, 4.69) is 0 Å². The molecule has 2 nitrogen and oxygen atoms in total. The molecule has 2 aromatic carbocycles. The highest BCUT2D eigenvalue weighted by atomic mass is 19.1. The molecule has 98 valence electrons. The van der Waals surface area contributed by atoms with Crippen LogP contribution in [0.2, 0.25) is 0 Å². The molecule has 4 heteroatoms. The predicted molar refractivity (Wildman–Crippen MR) is 69.4 cm³/mol. The lowest BCUT2D eigenvalue weighted by Gasteiger charge is -2.20. The number of anilines is 2. The maximum absolute atomic E-state index is 14.0. The fourth-order valence-electron chi connectivity index (χ4n) is 2.47. The number of aliphatic hydroxyl groups excluding tert-OH is 1. The third kappa shape index (κ3) is 2.08. The van der Waals surface area contributed by atoms with Crippen molar-refractivity contribution in [1.29, 1.82) is 0 Å². The number of aliphatic hydroxyl groups is 1. The van der Waals surface area contributed by atoms with Gasteiger partial charge in [-0.2, -0.15) is 0 Å².